The van der Waals surface area contributed by atoms with Gasteiger partial charge in [0.2, 0.25) is 0 Å². The normalized spacial score (nSPS) is 13.6. The maximum Gasteiger partial charge on any atom is 0.263 e. The van der Waals surface area contributed by atoms with Crippen LogP contribution in [0.3, 0.4) is 0 Å². The first-order valence-corrected chi connectivity index (χ1v) is 10.6. The minimum atomic E-state index is 0.0850. The Hall–Kier alpha value is -1.64. The van der Waals surface area contributed by atoms with Crippen molar-refractivity contribution in [3.8, 4) is 0 Å². The summed E-state index contributed by atoms with van der Waals surface area (Å²) in [6, 6.07) is 1.92. The smallest absolute Gasteiger partial charge is 0.263 e. The second kappa shape index (κ2) is 7.54. The highest BCUT2D eigenvalue weighted by molar-refractivity contribution is 7.98. The van der Waals surface area contributed by atoms with E-state index in [1.54, 1.807) is 23.0 Å². The fourth-order valence-corrected chi connectivity index (χ4v) is 5.56. The molecule has 0 saturated heterocycles. The summed E-state index contributed by atoms with van der Waals surface area (Å²) < 4.78 is 12.3. The SMILES string of the molecule is COCCCn1c(SCc2cc(C)no2)nc2sc3c(c2c1=O)CCC3. The van der Waals surface area contributed by atoms with Gasteiger partial charge in [-0.1, -0.05) is 16.9 Å². The number of thioether (sulfide) groups is 1. The Morgan fingerprint density at radius 2 is 2.31 bits per heavy atom. The van der Waals surface area contributed by atoms with Crippen LogP contribution < -0.4 is 5.56 Å². The molecule has 3 aromatic rings. The van der Waals surface area contributed by atoms with E-state index in [0.717, 1.165) is 52.5 Å². The van der Waals surface area contributed by atoms with Crippen molar-refractivity contribution >= 4 is 33.3 Å². The van der Waals surface area contributed by atoms with E-state index in [0.29, 0.717) is 18.9 Å². The van der Waals surface area contributed by atoms with Gasteiger partial charge in [0.1, 0.15) is 10.6 Å². The number of rotatable bonds is 7. The Morgan fingerprint density at radius 3 is 3.08 bits per heavy atom. The molecule has 0 saturated carbocycles. The van der Waals surface area contributed by atoms with Crippen molar-refractivity contribution in [2.24, 2.45) is 0 Å². The summed E-state index contributed by atoms with van der Waals surface area (Å²) >= 11 is 3.20. The molecule has 3 heterocycles. The van der Waals surface area contributed by atoms with Crippen LogP contribution in [0.5, 0.6) is 0 Å². The third kappa shape index (κ3) is 3.33. The van der Waals surface area contributed by atoms with Crippen molar-refractivity contribution in [3.63, 3.8) is 0 Å². The van der Waals surface area contributed by atoms with Gasteiger partial charge in [0.15, 0.2) is 5.16 Å². The summed E-state index contributed by atoms with van der Waals surface area (Å²) in [6.07, 6.45) is 3.99. The van der Waals surface area contributed by atoms with Crippen molar-refractivity contribution in [2.45, 2.75) is 50.1 Å². The fraction of sp³-hybridized carbons (Fsp3) is 0.500. The minimum Gasteiger partial charge on any atom is -0.385 e. The molecule has 0 aliphatic heterocycles. The van der Waals surface area contributed by atoms with Gasteiger partial charge in [0.25, 0.3) is 5.56 Å². The van der Waals surface area contributed by atoms with Crippen molar-refractivity contribution in [2.75, 3.05) is 13.7 Å². The highest BCUT2D eigenvalue weighted by Crippen LogP contribution is 2.36. The van der Waals surface area contributed by atoms with Crippen LogP contribution in [0.25, 0.3) is 10.2 Å². The summed E-state index contributed by atoms with van der Waals surface area (Å²) in [6.45, 7) is 3.13. The lowest BCUT2D eigenvalue weighted by Crippen LogP contribution is -2.24. The van der Waals surface area contributed by atoms with Crippen LogP contribution >= 0.6 is 23.1 Å². The summed E-state index contributed by atoms with van der Waals surface area (Å²) in [5.41, 5.74) is 2.17. The third-order valence-electron chi connectivity index (χ3n) is 4.54. The van der Waals surface area contributed by atoms with Crippen LogP contribution in [0, 0.1) is 6.92 Å². The lowest BCUT2D eigenvalue weighted by molar-refractivity contribution is 0.189. The van der Waals surface area contributed by atoms with E-state index in [4.69, 9.17) is 14.2 Å². The molecule has 138 valence electrons. The molecule has 0 atom stereocenters. The molecule has 0 amide bonds. The molecular formula is C18H21N3O3S2. The van der Waals surface area contributed by atoms with E-state index in [9.17, 15) is 4.79 Å². The van der Waals surface area contributed by atoms with Gasteiger partial charge in [0.05, 0.1) is 16.8 Å². The lowest BCUT2D eigenvalue weighted by atomic mass is 10.2. The molecule has 1 aliphatic carbocycles. The van der Waals surface area contributed by atoms with Crippen molar-refractivity contribution < 1.29 is 9.26 Å². The van der Waals surface area contributed by atoms with Gasteiger partial charge in [-0.15, -0.1) is 11.3 Å². The topological polar surface area (TPSA) is 70.2 Å². The lowest BCUT2D eigenvalue weighted by Gasteiger charge is -2.11. The molecule has 26 heavy (non-hydrogen) atoms. The van der Waals surface area contributed by atoms with Crippen molar-refractivity contribution in [1.82, 2.24) is 14.7 Å². The van der Waals surface area contributed by atoms with Gasteiger partial charge in [0, 0.05) is 31.2 Å². The van der Waals surface area contributed by atoms with Crippen LogP contribution in [0.1, 0.15) is 34.7 Å². The Labute approximate surface area is 159 Å². The quantitative estimate of drug-likeness (QED) is 0.348. The molecule has 6 nitrogen and oxygen atoms in total. The number of nitrogens with zero attached hydrogens (tertiary/aromatic N) is 3. The Bertz CT molecular complexity index is 990. The zero-order valence-electron chi connectivity index (χ0n) is 14.9. The molecule has 3 aromatic heterocycles. The van der Waals surface area contributed by atoms with E-state index < -0.39 is 0 Å². The summed E-state index contributed by atoms with van der Waals surface area (Å²) in [5, 5.41) is 5.50. The van der Waals surface area contributed by atoms with Crippen LogP contribution in [-0.4, -0.2) is 28.4 Å². The van der Waals surface area contributed by atoms with Gasteiger partial charge in [-0.05, 0) is 38.2 Å². The number of fused-ring (bicyclic) bond motifs is 3. The summed E-state index contributed by atoms with van der Waals surface area (Å²) in [7, 11) is 1.68. The number of hydrogen-bond donors (Lipinski definition) is 0. The Morgan fingerprint density at radius 1 is 1.42 bits per heavy atom. The van der Waals surface area contributed by atoms with E-state index >= 15 is 0 Å². The average Bonchev–Trinajstić information content (AvgIpc) is 3.31. The highest BCUT2D eigenvalue weighted by Gasteiger charge is 2.23. The monoisotopic (exact) mass is 391 g/mol. The summed E-state index contributed by atoms with van der Waals surface area (Å²) in [4.78, 5) is 20.3. The maximum absolute atomic E-state index is 13.2. The molecule has 1 aliphatic rings. The van der Waals surface area contributed by atoms with E-state index in [1.165, 1.54) is 22.2 Å². The number of hydrogen-bond acceptors (Lipinski definition) is 7. The van der Waals surface area contributed by atoms with Crippen LogP contribution in [0.4, 0.5) is 0 Å². The minimum absolute atomic E-state index is 0.0850. The molecule has 0 unspecified atom stereocenters. The number of aromatic nitrogens is 3. The molecule has 4 rings (SSSR count). The molecule has 0 radical (unpaired) electrons. The Kier molecular flexibility index (Phi) is 5.15. The van der Waals surface area contributed by atoms with Gasteiger partial charge in [-0.3, -0.25) is 9.36 Å². The fourth-order valence-electron chi connectivity index (χ4n) is 3.35. The molecule has 0 spiro atoms. The van der Waals surface area contributed by atoms with Crippen LogP contribution in [0.2, 0.25) is 0 Å². The number of methoxy groups -OCH3 is 1. The largest absolute Gasteiger partial charge is 0.385 e. The van der Waals surface area contributed by atoms with Gasteiger partial charge >= 0.3 is 0 Å². The maximum atomic E-state index is 13.2. The molecule has 0 fully saturated rings. The zero-order valence-corrected chi connectivity index (χ0v) is 16.5. The third-order valence-corrected chi connectivity index (χ3v) is 6.72. The van der Waals surface area contributed by atoms with Crippen LogP contribution in [-0.2, 0) is 29.9 Å². The first kappa shape index (κ1) is 17.8. The average molecular weight is 392 g/mol. The molecular weight excluding hydrogens is 370 g/mol. The van der Waals surface area contributed by atoms with Crippen molar-refractivity contribution in [3.05, 3.63) is 38.3 Å². The van der Waals surface area contributed by atoms with E-state index in [1.807, 2.05) is 13.0 Å². The Balaban J connectivity index is 1.71. The van der Waals surface area contributed by atoms with Gasteiger partial charge < -0.3 is 9.26 Å². The van der Waals surface area contributed by atoms with Crippen molar-refractivity contribution in [1.29, 1.82) is 0 Å². The second-order valence-electron chi connectivity index (χ2n) is 6.46. The first-order chi connectivity index (χ1) is 12.7. The number of ether oxygens (including phenoxy) is 1. The molecule has 0 N–H and O–H groups in total. The molecule has 0 bridgehead atoms. The van der Waals surface area contributed by atoms with E-state index in [2.05, 4.69) is 5.16 Å². The molecule has 8 heteroatoms. The number of thiophene rings is 1. The number of aryl methyl sites for hydroxylation is 3. The van der Waals surface area contributed by atoms with Crippen LogP contribution in [0.15, 0.2) is 20.5 Å². The predicted molar refractivity (Wildman–Crippen MR) is 103 cm³/mol. The van der Waals surface area contributed by atoms with Gasteiger partial charge in [-0.25, -0.2) is 4.98 Å². The highest BCUT2D eigenvalue weighted by atomic mass is 32.2. The van der Waals surface area contributed by atoms with Gasteiger partial charge in [-0.2, -0.15) is 0 Å². The zero-order chi connectivity index (χ0) is 18.1. The molecule has 0 aromatic carbocycles. The standard InChI is InChI=1S/C18H21N3O3S2/c1-11-9-12(24-20-11)10-25-18-19-16-15(13-5-3-6-14(13)26-16)17(22)21(18)7-4-8-23-2/h9H,3-8,10H2,1-2H3. The summed E-state index contributed by atoms with van der Waals surface area (Å²) in [5.74, 6) is 1.40. The first-order valence-electron chi connectivity index (χ1n) is 8.76. The predicted octanol–water partition coefficient (Wildman–Crippen LogP) is 3.57. The van der Waals surface area contributed by atoms with E-state index in [-0.39, 0.29) is 5.56 Å². The second-order valence-corrected chi connectivity index (χ2v) is 8.48.